The van der Waals surface area contributed by atoms with Crippen LogP contribution in [0.3, 0.4) is 0 Å². The highest BCUT2D eigenvalue weighted by molar-refractivity contribution is 7.54. The van der Waals surface area contributed by atoms with Crippen molar-refractivity contribution in [1.82, 2.24) is 5.01 Å². The molecule has 0 aliphatic carbocycles. The van der Waals surface area contributed by atoms with Crippen molar-refractivity contribution in [2.45, 2.75) is 45.6 Å². The summed E-state index contributed by atoms with van der Waals surface area (Å²) >= 11 is 0. The Kier molecular flexibility index (Phi) is 5.73. The van der Waals surface area contributed by atoms with E-state index < -0.39 is 13.4 Å². The summed E-state index contributed by atoms with van der Waals surface area (Å²) in [5.74, 6) is -0.641. The molecule has 0 fully saturated rings. The predicted molar refractivity (Wildman–Crippen MR) is 85.7 cm³/mol. The Balaban J connectivity index is 2.40. The van der Waals surface area contributed by atoms with E-state index in [1.807, 2.05) is 49.2 Å². The molecule has 122 valence electrons. The first-order valence-corrected chi connectivity index (χ1v) is 9.27. The first-order chi connectivity index (χ1) is 10.5. The molecule has 0 saturated carbocycles. The molecule has 0 aromatic heterocycles. The molecule has 0 saturated heterocycles. The number of hydrogen-bond acceptors (Lipinski definition) is 6. The van der Waals surface area contributed by atoms with E-state index in [1.165, 1.54) is 0 Å². The van der Waals surface area contributed by atoms with Crippen molar-refractivity contribution < 1.29 is 13.6 Å². The topological polar surface area (TPSA) is 63.5 Å². The second-order valence-electron chi connectivity index (χ2n) is 5.32. The fraction of sp³-hybridized carbons (Fsp3) is 0.600. The molecule has 0 N–H and O–H groups in total. The van der Waals surface area contributed by atoms with E-state index in [4.69, 9.17) is 9.05 Å². The lowest BCUT2D eigenvalue weighted by molar-refractivity contribution is 0.165. The van der Waals surface area contributed by atoms with E-state index >= 15 is 0 Å². The highest BCUT2D eigenvalue weighted by Crippen LogP contribution is 2.60. The van der Waals surface area contributed by atoms with Crippen molar-refractivity contribution >= 4 is 7.60 Å². The van der Waals surface area contributed by atoms with E-state index in [-0.39, 0.29) is 12.1 Å². The van der Waals surface area contributed by atoms with Gasteiger partial charge in [0.15, 0.2) is 5.78 Å². The molecule has 0 amide bonds. The molecule has 6 nitrogen and oxygen atoms in total. The average molecular weight is 325 g/mol. The lowest BCUT2D eigenvalue weighted by Crippen LogP contribution is -2.32. The molecule has 0 radical (unpaired) electrons. The largest absolute Gasteiger partial charge is 0.359 e. The molecule has 1 aromatic rings. The third-order valence-corrected chi connectivity index (χ3v) is 5.72. The summed E-state index contributed by atoms with van der Waals surface area (Å²) in [6.07, 6.45) is 0. The third-order valence-electron chi connectivity index (χ3n) is 3.45. The Morgan fingerprint density at radius 2 is 1.77 bits per heavy atom. The minimum Gasteiger partial charge on any atom is -0.307 e. The van der Waals surface area contributed by atoms with Crippen molar-refractivity contribution in [2.24, 2.45) is 10.3 Å². The molecule has 2 rings (SSSR count). The van der Waals surface area contributed by atoms with Crippen LogP contribution in [0.2, 0.25) is 0 Å². The van der Waals surface area contributed by atoms with Gasteiger partial charge in [-0.25, -0.2) is 0 Å². The summed E-state index contributed by atoms with van der Waals surface area (Å²) in [5, 5.41) is 10.3. The molecule has 1 aliphatic rings. The Bertz CT molecular complexity index is 540. The molecule has 2 unspecified atom stereocenters. The van der Waals surface area contributed by atoms with Crippen molar-refractivity contribution in [3.8, 4) is 0 Å². The molecule has 1 aromatic carbocycles. The molecular formula is C15H24N3O3P. The van der Waals surface area contributed by atoms with Crippen molar-refractivity contribution in [3.63, 3.8) is 0 Å². The van der Waals surface area contributed by atoms with Gasteiger partial charge in [0.25, 0.3) is 0 Å². The van der Waals surface area contributed by atoms with Gasteiger partial charge < -0.3 is 9.05 Å². The summed E-state index contributed by atoms with van der Waals surface area (Å²) in [5.41, 5.74) is 1.01. The lowest BCUT2D eigenvalue weighted by atomic mass is 10.1. The SMILES string of the molecule is CCOP(=O)(OCC)C1N=NN(C(C)C)C1c1ccccc1. The summed E-state index contributed by atoms with van der Waals surface area (Å²) in [6.45, 7) is 8.29. The average Bonchev–Trinajstić information content (AvgIpc) is 2.94. The van der Waals surface area contributed by atoms with Gasteiger partial charge in [-0.05, 0) is 33.3 Å². The monoisotopic (exact) mass is 325 g/mol. The zero-order valence-corrected chi connectivity index (χ0v) is 14.4. The van der Waals surface area contributed by atoms with Gasteiger partial charge >= 0.3 is 7.60 Å². The van der Waals surface area contributed by atoms with Crippen LogP contribution in [0, 0.1) is 0 Å². The first-order valence-electron chi connectivity index (χ1n) is 7.66. The van der Waals surface area contributed by atoms with E-state index in [1.54, 1.807) is 13.8 Å². The van der Waals surface area contributed by atoms with Crippen LogP contribution in [-0.2, 0) is 13.6 Å². The van der Waals surface area contributed by atoms with Crippen molar-refractivity contribution in [1.29, 1.82) is 0 Å². The minimum absolute atomic E-state index is 0.135. The first kappa shape index (κ1) is 17.1. The Morgan fingerprint density at radius 1 is 1.18 bits per heavy atom. The summed E-state index contributed by atoms with van der Waals surface area (Å²) in [7, 11) is -3.37. The van der Waals surface area contributed by atoms with Gasteiger partial charge in [-0.1, -0.05) is 35.6 Å². The normalized spacial score (nSPS) is 21.8. The van der Waals surface area contributed by atoms with E-state index in [0.29, 0.717) is 13.2 Å². The fourth-order valence-electron chi connectivity index (χ4n) is 2.55. The predicted octanol–water partition coefficient (Wildman–Crippen LogP) is 4.41. The number of hydrogen-bond donors (Lipinski definition) is 0. The van der Waals surface area contributed by atoms with Crippen LogP contribution in [0.1, 0.15) is 39.3 Å². The molecule has 1 aliphatic heterocycles. The van der Waals surface area contributed by atoms with E-state index in [2.05, 4.69) is 10.3 Å². The molecule has 7 heteroatoms. The van der Waals surface area contributed by atoms with Gasteiger partial charge in [-0.3, -0.25) is 9.57 Å². The zero-order valence-electron chi connectivity index (χ0n) is 13.5. The van der Waals surface area contributed by atoms with Gasteiger partial charge in [-0.2, -0.15) is 5.11 Å². The van der Waals surface area contributed by atoms with Crippen LogP contribution in [0.4, 0.5) is 0 Å². The van der Waals surface area contributed by atoms with Gasteiger partial charge in [0.05, 0.1) is 13.2 Å². The summed E-state index contributed by atoms with van der Waals surface area (Å²) in [6, 6.07) is 9.73. The van der Waals surface area contributed by atoms with E-state index in [9.17, 15) is 4.57 Å². The van der Waals surface area contributed by atoms with Crippen LogP contribution in [0.5, 0.6) is 0 Å². The van der Waals surface area contributed by atoms with Crippen LogP contribution in [-0.4, -0.2) is 30.0 Å². The zero-order chi connectivity index (χ0) is 16.2. The third kappa shape index (κ3) is 3.40. The molecule has 0 bridgehead atoms. The second kappa shape index (κ2) is 7.36. The lowest BCUT2D eigenvalue weighted by Gasteiger charge is -2.31. The van der Waals surface area contributed by atoms with Gasteiger partial charge in [0.2, 0.25) is 0 Å². The van der Waals surface area contributed by atoms with Crippen molar-refractivity contribution in [3.05, 3.63) is 35.9 Å². The van der Waals surface area contributed by atoms with Crippen LogP contribution in [0.25, 0.3) is 0 Å². The highest BCUT2D eigenvalue weighted by Gasteiger charge is 2.48. The second-order valence-corrected chi connectivity index (χ2v) is 7.45. The summed E-state index contributed by atoms with van der Waals surface area (Å²) in [4.78, 5) is 0. The Hall–Kier alpha value is -1.23. The van der Waals surface area contributed by atoms with Crippen LogP contribution in [0.15, 0.2) is 40.7 Å². The Morgan fingerprint density at radius 3 is 2.27 bits per heavy atom. The fourth-order valence-corrected chi connectivity index (χ4v) is 4.48. The molecular weight excluding hydrogens is 301 g/mol. The van der Waals surface area contributed by atoms with Gasteiger partial charge in [0.1, 0.15) is 6.04 Å². The number of rotatable bonds is 7. The maximum Gasteiger partial charge on any atom is 0.359 e. The van der Waals surface area contributed by atoms with E-state index in [0.717, 1.165) is 5.56 Å². The quantitative estimate of drug-likeness (QED) is 0.697. The smallest absolute Gasteiger partial charge is 0.307 e. The number of nitrogens with zero attached hydrogens (tertiary/aromatic N) is 3. The minimum atomic E-state index is -3.37. The molecule has 0 spiro atoms. The van der Waals surface area contributed by atoms with Gasteiger partial charge in [-0.15, -0.1) is 0 Å². The Labute approximate surface area is 132 Å². The molecule has 1 heterocycles. The van der Waals surface area contributed by atoms with Crippen LogP contribution >= 0.6 is 7.60 Å². The summed E-state index contributed by atoms with van der Waals surface area (Å²) < 4.78 is 24.1. The maximum absolute atomic E-state index is 13.1. The maximum atomic E-state index is 13.1. The number of benzene rings is 1. The van der Waals surface area contributed by atoms with Crippen LogP contribution < -0.4 is 0 Å². The van der Waals surface area contributed by atoms with Crippen molar-refractivity contribution in [2.75, 3.05) is 13.2 Å². The van der Waals surface area contributed by atoms with Gasteiger partial charge in [0, 0.05) is 6.04 Å². The molecule has 22 heavy (non-hydrogen) atoms. The highest BCUT2D eigenvalue weighted by atomic mass is 31.2. The standard InChI is InChI=1S/C15H24N3O3P/c1-5-20-22(19,21-6-2)15-14(13-10-8-7-9-11-13)18(12(3)4)17-16-15/h7-12,14-15H,5-6H2,1-4H3. The molecule has 2 atom stereocenters.